The Morgan fingerprint density at radius 1 is 0.907 bits per heavy atom. The number of carbonyl (C=O) groups is 3. The van der Waals surface area contributed by atoms with Gasteiger partial charge in [-0.05, 0) is 73.5 Å². The number of anilines is 2. The smallest absolute Gasteiger partial charge is 0.272 e. The Kier molecular flexibility index (Phi) is 10.5. The van der Waals surface area contributed by atoms with E-state index in [1.165, 1.54) is 23.9 Å². The van der Waals surface area contributed by atoms with Crippen LogP contribution in [0.1, 0.15) is 28.4 Å². The van der Waals surface area contributed by atoms with Gasteiger partial charge < -0.3 is 16.0 Å². The third-order valence-corrected chi connectivity index (χ3v) is 7.74. The largest absolute Gasteiger partial charge is 0.325 e. The van der Waals surface area contributed by atoms with Crippen molar-refractivity contribution in [2.75, 3.05) is 10.6 Å². The number of nitro benzene ring substituents is 1. The standard InChI is InChI=1S/C32H27BrN4O5S/c1-20-14-15-26(37(41)42)19-28(20)35-30(38)21(2)43-27-13-7-12-25(18-27)34-32(40)29(17-22-8-6-11-24(33)16-22)36-31(39)23-9-4-3-5-10-23/h3-19,21H,1-2H3,(H,34,40)(H,35,38)(H,36,39)/b29-17+. The van der Waals surface area contributed by atoms with E-state index in [4.69, 9.17) is 0 Å². The van der Waals surface area contributed by atoms with Crippen LogP contribution in [0.25, 0.3) is 6.08 Å². The molecule has 218 valence electrons. The van der Waals surface area contributed by atoms with E-state index in [0.29, 0.717) is 33.0 Å². The fourth-order valence-electron chi connectivity index (χ4n) is 3.90. The summed E-state index contributed by atoms with van der Waals surface area (Å²) in [6, 6.07) is 27.2. The molecule has 3 N–H and O–H groups in total. The highest BCUT2D eigenvalue weighted by Crippen LogP contribution is 2.28. The van der Waals surface area contributed by atoms with Gasteiger partial charge in [0.15, 0.2) is 0 Å². The Hall–Kier alpha value is -4.74. The molecule has 1 atom stereocenters. The number of amides is 3. The average Bonchev–Trinajstić information content (AvgIpc) is 2.98. The van der Waals surface area contributed by atoms with E-state index in [-0.39, 0.29) is 17.3 Å². The number of rotatable bonds is 10. The Morgan fingerprint density at radius 2 is 1.65 bits per heavy atom. The number of aryl methyl sites for hydroxylation is 1. The lowest BCUT2D eigenvalue weighted by atomic mass is 10.1. The maximum absolute atomic E-state index is 13.4. The summed E-state index contributed by atoms with van der Waals surface area (Å²) in [5, 5.41) is 18.9. The molecule has 0 heterocycles. The highest BCUT2D eigenvalue weighted by molar-refractivity contribution is 9.10. The lowest BCUT2D eigenvalue weighted by Gasteiger charge is -2.15. The molecule has 9 nitrogen and oxygen atoms in total. The molecule has 0 fully saturated rings. The number of carbonyl (C=O) groups excluding carboxylic acids is 3. The Morgan fingerprint density at radius 3 is 2.37 bits per heavy atom. The fourth-order valence-corrected chi connectivity index (χ4v) is 5.24. The van der Waals surface area contributed by atoms with E-state index in [0.717, 1.165) is 4.47 Å². The quantitative estimate of drug-likeness (QED) is 0.0715. The van der Waals surface area contributed by atoms with Crippen molar-refractivity contribution >= 4 is 68.6 Å². The van der Waals surface area contributed by atoms with Crippen LogP contribution in [-0.2, 0) is 9.59 Å². The molecule has 0 radical (unpaired) electrons. The topological polar surface area (TPSA) is 130 Å². The number of nitrogens with one attached hydrogen (secondary N) is 3. The van der Waals surface area contributed by atoms with Gasteiger partial charge in [-0.3, -0.25) is 24.5 Å². The zero-order valence-corrected chi connectivity index (χ0v) is 25.6. The first-order valence-electron chi connectivity index (χ1n) is 13.1. The van der Waals surface area contributed by atoms with Crippen LogP contribution in [0, 0.1) is 17.0 Å². The SMILES string of the molecule is Cc1ccc([N+](=O)[O-])cc1NC(=O)C(C)Sc1cccc(NC(=O)/C(=C\c2cccc(Br)c2)NC(=O)c2ccccc2)c1. The van der Waals surface area contributed by atoms with Crippen LogP contribution in [0.2, 0.25) is 0 Å². The van der Waals surface area contributed by atoms with Gasteiger partial charge >= 0.3 is 0 Å². The van der Waals surface area contributed by atoms with Gasteiger partial charge in [0, 0.05) is 32.8 Å². The van der Waals surface area contributed by atoms with Gasteiger partial charge in [0.2, 0.25) is 5.91 Å². The van der Waals surface area contributed by atoms with Crippen molar-refractivity contribution in [1.29, 1.82) is 0 Å². The monoisotopic (exact) mass is 658 g/mol. The van der Waals surface area contributed by atoms with E-state index in [1.807, 2.05) is 24.3 Å². The van der Waals surface area contributed by atoms with Gasteiger partial charge in [-0.15, -0.1) is 11.8 Å². The number of nitro groups is 1. The van der Waals surface area contributed by atoms with Gasteiger partial charge in [-0.25, -0.2) is 0 Å². The normalized spacial score (nSPS) is 11.7. The Balaban J connectivity index is 1.48. The Bertz CT molecular complexity index is 1710. The maximum atomic E-state index is 13.4. The number of benzene rings is 4. The van der Waals surface area contributed by atoms with Gasteiger partial charge in [0.25, 0.3) is 17.5 Å². The molecular formula is C32H27BrN4O5S. The number of nitrogens with zero attached hydrogens (tertiary/aromatic N) is 1. The van der Waals surface area contributed by atoms with Crippen molar-refractivity contribution in [3.8, 4) is 0 Å². The summed E-state index contributed by atoms with van der Waals surface area (Å²) < 4.78 is 0.818. The molecule has 11 heteroatoms. The van der Waals surface area contributed by atoms with E-state index >= 15 is 0 Å². The first-order chi connectivity index (χ1) is 20.6. The van der Waals surface area contributed by atoms with Crippen molar-refractivity contribution in [1.82, 2.24) is 5.32 Å². The molecule has 0 aromatic heterocycles. The molecule has 0 spiro atoms. The zero-order valence-electron chi connectivity index (χ0n) is 23.2. The summed E-state index contributed by atoms with van der Waals surface area (Å²) in [5.41, 5.74) is 2.58. The first-order valence-corrected chi connectivity index (χ1v) is 14.7. The van der Waals surface area contributed by atoms with Gasteiger partial charge in [-0.2, -0.15) is 0 Å². The van der Waals surface area contributed by atoms with E-state index in [1.54, 1.807) is 80.6 Å². The van der Waals surface area contributed by atoms with Crippen LogP contribution in [0.3, 0.4) is 0 Å². The predicted molar refractivity (Wildman–Crippen MR) is 173 cm³/mol. The summed E-state index contributed by atoms with van der Waals surface area (Å²) in [4.78, 5) is 50.5. The molecule has 3 amide bonds. The molecule has 0 aliphatic rings. The van der Waals surface area contributed by atoms with E-state index < -0.39 is 22.0 Å². The maximum Gasteiger partial charge on any atom is 0.272 e. The third kappa shape index (κ3) is 8.87. The number of non-ortho nitro benzene ring substituents is 1. The van der Waals surface area contributed by atoms with Crippen LogP contribution >= 0.6 is 27.7 Å². The number of hydrogen-bond acceptors (Lipinski definition) is 6. The number of thioether (sulfide) groups is 1. The van der Waals surface area contributed by atoms with E-state index in [9.17, 15) is 24.5 Å². The predicted octanol–water partition coefficient (Wildman–Crippen LogP) is 7.19. The van der Waals surface area contributed by atoms with E-state index in [2.05, 4.69) is 31.9 Å². The third-order valence-electron chi connectivity index (χ3n) is 6.15. The minimum absolute atomic E-state index is 0.0464. The van der Waals surface area contributed by atoms with Gasteiger partial charge in [0.05, 0.1) is 15.9 Å². The molecule has 4 rings (SSSR count). The van der Waals surface area contributed by atoms with Crippen molar-refractivity contribution < 1.29 is 19.3 Å². The van der Waals surface area contributed by atoms with Crippen LogP contribution in [0.15, 0.2) is 112 Å². The molecule has 0 bridgehead atoms. The molecular weight excluding hydrogens is 632 g/mol. The Labute approximate surface area is 261 Å². The highest BCUT2D eigenvalue weighted by atomic mass is 79.9. The second-order valence-electron chi connectivity index (χ2n) is 9.42. The average molecular weight is 660 g/mol. The molecule has 43 heavy (non-hydrogen) atoms. The molecule has 0 aliphatic carbocycles. The second kappa shape index (κ2) is 14.4. The lowest BCUT2D eigenvalue weighted by Crippen LogP contribution is -2.30. The van der Waals surface area contributed by atoms with Crippen LogP contribution in [-0.4, -0.2) is 27.9 Å². The first kappa shape index (κ1) is 31.2. The molecule has 1 unspecified atom stereocenters. The summed E-state index contributed by atoms with van der Waals surface area (Å²) in [5.74, 6) is -1.29. The number of hydrogen-bond donors (Lipinski definition) is 3. The fraction of sp³-hybridized carbons (Fsp3) is 0.0938. The molecule has 0 saturated heterocycles. The molecule has 4 aromatic rings. The summed E-state index contributed by atoms with van der Waals surface area (Å²) >= 11 is 4.69. The molecule has 0 saturated carbocycles. The summed E-state index contributed by atoms with van der Waals surface area (Å²) in [6.07, 6.45) is 1.59. The second-order valence-corrected chi connectivity index (χ2v) is 11.8. The van der Waals surface area contributed by atoms with Crippen LogP contribution < -0.4 is 16.0 Å². The minimum Gasteiger partial charge on any atom is -0.325 e. The zero-order chi connectivity index (χ0) is 30.9. The van der Waals surface area contributed by atoms with Crippen molar-refractivity contribution in [3.63, 3.8) is 0 Å². The molecule has 0 aliphatic heterocycles. The van der Waals surface area contributed by atoms with Crippen molar-refractivity contribution in [2.45, 2.75) is 24.0 Å². The van der Waals surface area contributed by atoms with Crippen LogP contribution in [0.4, 0.5) is 17.1 Å². The summed E-state index contributed by atoms with van der Waals surface area (Å²) in [7, 11) is 0. The van der Waals surface area contributed by atoms with Crippen molar-refractivity contribution in [2.24, 2.45) is 0 Å². The lowest BCUT2D eigenvalue weighted by molar-refractivity contribution is -0.384. The van der Waals surface area contributed by atoms with Gasteiger partial charge in [0.1, 0.15) is 5.70 Å². The van der Waals surface area contributed by atoms with Gasteiger partial charge in [-0.1, -0.05) is 58.4 Å². The summed E-state index contributed by atoms with van der Waals surface area (Å²) in [6.45, 7) is 3.47. The minimum atomic E-state index is -0.554. The van der Waals surface area contributed by atoms with Crippen molar-refractivity contribution in [3.05, 3.63) is 134 Å². The molecule has 4 aromatic carbocycles. The van der Waals surface area contributed by atoms with Crippen LogP contribution in [0.5, 0.6) is 0 Å². The highest BCUT2D eigenvalue weighted by Gasteiger charge is 2.19. The number of halogens is 1.